The van der Waals surface area contributed by atoms with E-state index in [1.807, 2.05) is 6.07 Å². The normalized spacial score (nSPS) is 10.8. The Hall–Kier alpha value is -2.60. The van der Waals surface area contributed by atoms with Crippen LogP contribution in [0, 0.1) is 6.92 Å². The molecule has 0 saturated carbocycles. The number of aromatic amines is 1. The third kappa shape index (κ3) is 2.41. The number of hydrogen-bond donors (Lipinski definition) is 3. The van der Waals surface area contributed by atoms with Gasteiger partial charge >= 0.3 is 5.97 Å². The van der Waals surface area contributed by atoms with E-state index in [2.05, 4.69) is 20.3 Å². The molecule has 0 aliphatic heterocycles. The minimum atomic E-state index is -1.03. The van der Waals surface area contributed by atoms with Gasteiger partial charge in [-0.3, -0.25) is 0 Å². The molecule has 21 heavy (non-hydrogen) atoms. The van der Waals surface area contributed by atoms with Crippen molar-refractivity contribution in [1.82, 2.24) is 15.0 Å². The predicted molar refractivity (Wildman–Crippen MR) is 80.3 cm³/mol. The molecule has 2 aromatic heterocycles. The van der Waals surface area contributed by atoms with E-state index in [-0.39, 0.29) is 5.56 Å². The number of anilines is 2. The van der Waals surface area contributed by atoms with Gasteiger partial charge in [-0.15, -0.1) is 0 Å². The van der Waals surface area contributed by atoms with Gasteiger partial charge in [-0.2, -0.15) is 0 Å². The second-order valence-corrected chi connectivity index (χ2v) is 4.95. The van der Waals surface area contributed by atoms with Gasteiger partial charge < -0.3 is 15.4 Å². The fourth-order valence-corrected chi connectivity index (χ4v) is 2.40. The Kier molecular flexibility index (Phi) is 3.23. The molecule has 0 saturated heterocycles. The number of nitrogens with zero attached hydrogens (tertiary/aromatic N) is 2. The average Bonchev–Trinajstić information content (AvgIpc) is 2.76. The first-order valence-corrected chi connectivity index (χ1v) is 6.53. The van der Waals surface area contributed by atoms with E-state index in [1.54, 1.807) is 25.1 Å². The van der Waals surface area contributed by atoms with Crippen LogP contribution in [-0.2, 0) is 0 Å². The van der Waals surface area contributed by atoms with Crippen LogP contribution in [0.2, 0.25) is 5.02 Å². The maximum atomic E-state index is 11.4. The van der Waals surface area contributed by atoms with Crippen LogP contribution < -0.4 is 5.32 Å². The highest BCUT2D eigenvalue weighted by Crippen LogP contribution is 2.29. The van der Waals surface area contributed by atoms with Crippen LogP contribution in [0.25, 0.3) is 11.0 Å². The molecule has 0 atom stereocenters. The summed E-state index contributed by atoms with van der Waals surface area (Å²) in [5, 5.41) is 13.5. The standard InChI is InChI=1S/C14H11ClN4O2/c1-7-10(14(20)21)11-12(18-7)16-6-17-13(11)19-9-4-2-3-8(15)5-9/h2-6H,1H3,(H,20,21)(H2,16,17,18,19). The molecule has 3 rings (SSSR count). The molecule has 0 radical (unpaired) electrons. The maximum absolute atomic E-state index is 11.4. The smallest absolute Gasteiger partial charge is 0.338 e. The van der Waals surface area contributed by atoms with Crippen molar-refractivity contribution in [2.24, 2.45) is 0 Å². The third-order valence-electron chi connectivity index (χ3n) is 3.08. The molecule has 3 aromatic rings. The molecule has 0 aliphatic carbocycles. The number of rotatable bonds is 3. The Labute approximate surface area is 124 Å². The lowest BCUT2D eigenvalue weighted by Crippen LogP contribution is -2.01. The largest absolute Gasteiger partial charge is 0.478 e. The molecule has 1 aromatic carbocycles. The number of benzene rings is 1. The number of H-pyrrole nitrogens is 1. The summed E-state index contributed by atoms with van der Waals surface area (Å²) in [6, 6.07) is 7.10. The fourth-order valence-electron chi connectivity index (χ4n) is 2.21. The van der Waals surface area contributed by atoms with Gasteiger partial charge in [0.1, 0.15) is 17.8 Å². The van der Waals surface area contributed by atoms with Gasteiger partial charge in [0, 0.05) is 16.4 Å². The molecule has 0 unspecified atom stereocenters. The van der Waals surface area contributed by atoms with E-state index >= 15 is 0 Å². The zero-order chi connectivity index (χ0) is 15.0. The van der Waals surface area contributed by atoms with E-state index in [4.69, 9.17) is 11.6 Å². The van der Waals surface area contributed by atoms with Crippen molar-refractivity contribution in [3.63, 3.8) is 0 Å². The molecule has 0 aliphatic rings. The number of halogens is 1. The highest BCUT2D eigenvalue weighted by molar-refractivity contribution is 6.30. The summed E-state index contributed by atoms with van der Waals surface area (Å²) in [5.41, 5.74) is 1.89. The number of carboxylic acid groups (broad SMARTS) is 1. The molecule has 3 N–H and O–H groups in total. The minimum absolute atomic E-state index is 0.162. The summed E-state index contributed by atoms with van der Waals surface area (Å²) in [4.78, 5) is 22.6. The number of fused-ring (bicyclic) bond motifs is 1. The van der Waals surface area contributed by atoms with Crippen LogP contribution in [0.1, 0.15) is 16.1 Å². The molecule has 0 spiro atoms. The van der Waals surface area contributed by atoms with Gasteiger partial charge in [-0.05, 0) is 25.1 Å². The van der Waals surface area contributed by atoms with Gasteiger partial charge in [0.05, 0.1) is 10.9 Å². The lowest BCUT2D eigenvalue weighted by atomic mass is 10.2. The monoisotopic (exact) mass is 302 g/mol. The number of aromatic nitrogens is 3. The van der Waals surface area contributed by atoms with Gasteiger partial charge in [-0.25, -0.2) is 14.8 Å². The first-order valence-electron chi connectivity index (χ1n) is 6.15. The van der Waals surface area contributed by atoms with Crippen molar-refractivity contribution in [1.29, 1.82) is 0 Å². The van der Waals surface area contributed by atoms with Crippen LogP contribution in [-0.4, -0.2) is 26.0 Å². The molecule has 0 fully saturated rings. The van der Waals surface area contributed by atoms with Crippen LogP contribution in [0.5, 0.6) is 0 Å². The summed E-state index contributed by atoms with van der Waals surface area (Å²) in [5.74, 6) is -0.605. The van der Waals surface area contributed by atoms with Crippen molar-refractivity contribution < 1.29 is 9.90 Å². The Morgan fingerprint density at radius 2 is 2.19 bits per heavy atom. The zero-order valence-electron chi connectivity index (χ0n) is 11.0. The van der Waals surface area contributed by atoms with Crippen LogP contribution in [0.15, 0.2) is 30.6 Å². The SMILES string of the molecule is Cc1[nH]c2ncnc(Nc3cccc(Cl)c3)c2c1C(=O)O. The van der Waals surface area contributed by atoms with Crippen molar-refractivity contribution in [2.45, 2.75) is 6.92 Å². The quantitative estimate of drug-likeness (QED) is 0.690. The number of aryl methyl sites for hydroxylation is 1. The van der Waals surface area contributed by atoms with Gasteiger partial charge in [0.15, 0.2) is 0 Å². The number of carboxylic acids is 1. The van der Waals surface area contributed by atoms with Crippen molar-refractivity contribution >= 4 is 40.1 Å². The Morgan fingerprint density at radius 3 is 2.90 bits per heavy atom. The van der Waals surface area contributed by atoms with Crippen LogP contribution >= 0.6 is 11.6 Å². The molecule has 106 valence electrons. The number of hydrogen-bond acceptors (Lipinski definition) is 4. The molecule has 6 nitrogen and oxygen atoms in total. The third-order valence-corrected chi connectivity index (χ3v) is 3.31. The number of carbonyl (C=O) groups is 1. The number of nitrogens with one attached hydrogen (secondary N) is 2. The summed E-state index contributed by atoms with van der Waals surface area (Å²) >= 11 is 5.94. The lowest BCUT2D eigenvalue weighted by molar-refractivity contribution is 0.0698. The van der Waals surface area contributed by atoms with Crippen LogP contribution in [0.3, 0.4) is 0 Å². The second-order valence-electron chi connectivity index (χ2n) is 4.51. The van der Waals surface area contributed by atoms with Crippen molar-refractivity contribution in [3.8, 4) is 0 Å². The van der Waals surface area contributed by atoms with Crippen LogP contribution in [0.4, 0.5) is 11.5 Å². The van der Waals surface area contributed by atoms with E-state index in [1.165, 1.54) is 6.33 Å². The Morgan fingerprint density at radius 1 is 1.38 bits per heavy atom. The Bertz CT molecular complexity index is 844. The molecule has 2 heterocycles. The predicted octanol–water partition coefficient (Wildman–Crippen LogP) is 3.36. The first kappa shape index (κ1) is 13.4. The van der Waals surface area contributed by atoms with Gasteiger partial charge in [0.2, 0.25) is 0 Å². The van der Waals surface area contributed by atoms with Crippen molar-refractivity contribution in [2.75, 3.05) is 5.32 Å². The summed E-state index contributed by atoms with van der Waals surface area (Å²) in [7, 11) is 0. The first-order chi connectivity index (χ1) is 10.1. The van der Waals surface area contributed by atoms with E-state index in [9.17, 15) is 9.90 Å². The second kappa shape index (κ2) is 5.06. The maximum Gasteiger partial charge on any atom is 0.338 e. The molecule has 7 heteroatoms. The highest BCUT2D eigenvalue weighted by atomic mass is 35.5. The van der Waals surface area contributed by atoms with E-state index in [0.29, 0.717) is 27.6 Å². The number of aromatic carboxylic acids is 1. The van der Waals surface area contributed by atoms with Gasteiger partial charge in [0.25, 0.3) is 0 Å². The lowest BCUT2D eigenvalue weighted by Gasteiger charge is -2.07. The topological polar surface area (TPSA) is 90.9 Å². The van der Waals surface area contributed by atoms with Crippen molar-refractivity contribution in [3.05, 3.63) is 46.9 Å². The molecular formula is C14H11ClN4O2. The van der Waals surface area contributed by atoms with E-state index < -0.39 is 5.97 Å². The minimum Gasteiger partial charge on any atom is -0.478 e. The zero-order valence-corrected chi connectivity index (χ0v) is 11.8. The summed E-state index contributed by atoms with van der Waals surface area (Å²) in [6.07, 6.45) is 1.37. The summed E-state index contributed by atoms with van der Waals surface area (Å²) in [6.45, 7) is 1.69. The van der Waals surface area contributed by atoms with Gasteiger partial charge in [-0.1, -0.05) is 17.7 Å². The Balaban J connectivity index is 2.16. The average molecular weight is 303 g/mol. The molecule has 0 bridgehead atoms. The van der Waals surface area contributed by atoms with E-state index in [0.717, 1.165) is 5.69 Å². The molecule has 0 amide bonds. The highest BCUT2D eigenvalue weighted by Gasteiger charge is 2.19. The summed E-state index contributed by atoms with van der Waals surface area (Å²) < 4.78 is 0. The molecular weight excluding hydrogens is 292 g/mol. The fraction of sp³-hybridized carbons (Fsp3) is 0.0714.